The van der Waals surface area contributed by atoms with Gasteiger partial charge in [-0.15, -0.1) is 5.10 Å². The molecule has 20 heavy (non-hydrogen) atoms. The fourth-order valence-electron chi connectivity index (χ4n) is 2.29. The summed E-state index contributed by atoms with van der Waals surface area (Å²) in [5, 5.41) is 15.1. The summed E-state index contributed by atoms with van der Waals surface area (Å²) in [5.41, 5.74) is -1.34. The van der Waals surface area contributed by atoms with Crippen LogP contribution in [0.2, 0.25) is 0 Å². The lowest BCUT2D eigenvalue weighted by Crippen LogP contribution is -2.47. The van der Waals surface area contributed by atoms with Gasteiger partial charge in [-0.25, -0.2) is 9.89 Å². The summed E-state index contributed by atoms with van der Waals surface area (Å²) in [7, 11) is 0. The molecule has 110 valence electrons. The second-order valence-electron chi connectivity index (χ2n) is 4.57. The number of rotatable bonds is 5. The quantitative estimate of drug-likeness (QED) is 0.617. The third kappa shape index (κ3) is 2.72. The molecule has 0 saturated carbocycles. The van der Waals surface area contributed by atoms with Crippen LogP contribution in [-0.4, -0.2) is 52.1 Å². The number of nitrogens with one attached hydrogen (secondary N) is 2. The minimum atomic E-state index is -0.977. The molecule has 1 saturated heterocycles. The number of carbonyl (C=O) groups is 1. The van der Waals surface area contributed by atoms with Crippen molar-refractivity contribution in [2.75, 3.05) is 24.7 Å². The van der Waals surface area contributed by atoms with Crippen LogP contribution >= 0.6 is 0 Å². The third-order valence-electron chi connectivity index (χ3n) is 3.20. The molecule has 2 atom stereocenters. The number of carboxylic acid groups (broad SMARTS) is 1. The maximum Gasteiger partial charge on any atom is 0.342 e. The summed E-state index contributed by atoms with van der Waals surface area (Å²) >= 11 is 0. The van der Waals surface area contributed by atoms with Gasteiger partial charge in [0.2, 0.25) is 5.82 Å². The molecular formula is C11H16N4O5. The molecule has 9 nitrogen and oxygen atoms in total. The Kier molecular flexibility index (Phi) is 4.18. The molecule has 0 radical (unpaired) electrons. The first-order valence-electron chi connectivity index (χ1n) is 6.30. The molecule has 0 aliphatic carbocycles. The van der Waals surface area contributed by atoms with E-state index in [4.69, 9.17) is 4.74 Å². The van der Waals surface area contributed by atoms with Gasteiger partial charge in [0.15, 0.2) is 0 Å². The van der Waals surface area contributed by atoms with Crippen molar-refractivity contribution in [3.8, 4) is 0 Å². The minimum Gasteiger partial charge on any atom is -0.481 e. The monoisotopic (exact) mass is 284 g/mol. The zero-order valence-corrected chi connectivity index (χ0v) is 11.0. The molecule has 0 amide bonds. The van der Waals surface area contributed by atoms with E-state index in [1.165, 1.54) is 0 Å². The summed E-state index contributed by atoms with van der Waals surface area (Å²) in [6, 6.07) is -0.480. The minimum absolute atomic E-state index is 0.00759. The van der Waals surface area contributed by atoms with Crippen LogP contribution in [0.1, 0.15) is 13.3 Å². The Bertz CT molecular complexity index is 595. The number of carboxylic acids is 1. The lowest BCUT2D eigenvalue weighted by Gasteiger charge is -2.29. The predicted octanol–water partition coefficient (Wildman–Crippen LogP) is -1.23. The van der Waals surface area contributed by atoms with Crippen molar-refractivity contribution in [2.24, 2.45) is 5.92 Å². The van der Waals surface area contributed by atoms with Gasteiger partial charge in [-0.05, 0) is 6.42 Å². The van der Waals surface area contributed by atoms with Crippen LogP contribution in [0.5, 0.6) is 0 Å². The van der Waals surface area contributed by atoms with Crippen molar-refractivity contribution < 1.29 is 14.6 Å². The second kappa shape index (κ2) is 5.87. The van der Waals surface area contributed by atoms with E-state index in [2.05, 4.69) is 15.2 Å². The zero-order valence-electron chi connectivity index (χ0n) is 11.0. The molecule has 1 aromatic heterocycles. The van der Waals surface area contributed by atoms with Gasteiger partial charge in [0.1, 0.15) is 5.92 Å². The summed E-state index contributed by atoms with van der Waals surface area (Å²) in [4.78, 5) is 37.7. The fraction of sp³-hybridized carbons (Fsp3) is 0.636. The van der Waals surface area contributed by atoms with E-state index in [1.807, 2.05) is 6.92 Å². The third-order valence-corrected chi connectivity index (χ3v) is 3.20. The Morgan fingerprint density at radius 1 is 1.50 bits per heavy atom. The summed E-state index contributed by atoms with van der Waals surface area (Å²) in [6.07, 6.45) is 0.698. The van der Waals surface area contributed by atoms with Gasteiger partial charge < -0.3 is 14.7 Å². The highest BCUT2D eigenvalue weighted by Gasteiger charge is 2.39. The molecule has 9 heteroatoms. The molecule has 1 aromatic rings. The Morgan fingerprint density at radius 2 is 2.25 bits per heavy atom. The lowest BCUT2D eigenvalue weighted by atomic mass is 10.0. The van der Waals surface area contributed by atoms with Gasteiger partial charge >= 0.3 is 11.7 Å². The van der Waals surface area contributed by atoms with E-state index in [0.29, 0.717) is 13.0 Å². The number of hydrogen-bond acceptors (Lipinski definition) is 6. The number of nitrogens with zero attached hydrogens (tertiary/aromatic N) is 2. The molecule has 3 N–H and O–H groups in total. The Hall–Kier alpha value is -2.16. The number of aromatic amines is 2. The van der Waals surface area contributed by atoms with Crippen molar-refractivity contribution in [1.82, 2.24) is 15.2 Å². The highest BCUT2D eigenvalue weighted by molar-refractivity contribution is 5.72. The first-order chi connectivity index (χ1) is 9.54. The van der Waals surface area contributed by atoms with Crippen LogP contribution in [0.25, 0.3) is 0 Å². The highest BCUT2D eigenvalue weighted by atomic mass is 16.5. The average Bonchev–Trinajstić information content (AvgIpc) is 2.86. The number of hydrogen-bond donors (Lipinski definition) is 3. The van der Waals surface area contributed by atoms with Crippen LogP contribution in [0, 0.1) is 5.92 Å². The molecule has 0 bridgehead atoms. The molecule has 0 spiro atoms. The standard InChI is InChI=1S/C11H16N4O5/c1-2-3-15(7-5-20-4-6(7)10(17)18)8-9(16)12-11(19)14-13-8/h6-7H,2-5H2,1H3,(H,17,18)(H2,12,14,16,19). The van der Waals surface area contributed by atoms with Gasteiger partial charge in [0.25, 0.3) is 5.56 Å². The molecule has 2 rings (SSSR count). The smallest absolute Gasteiger partial charge is 0.342 e. The van der Waals surface area contributed by atoms with Crippen molar-refractivity contribution in [1.29, 1.82) is 0 Å². The van der Waals surface area contributed by atoms with Gasteiger partial charge in [0, 0.05) is 6.54 Å². The molecule has 1 aliphatic rings. The molecule has 1 fully saturated rings. The van der Waals surface area contributed by atoms with Crippen molar-refractivity contribution in [3.63, 3.8) is 0 Å². The van der Waals surface area contributed by atoms with Gasteiger partial charge in [-0.3, -0.25) is 14.6 Å². The Morgan fingerprint density at radius 3 is 2.85 bits per heavy atom. The highest BCUT2D eigenvalue weighted by Crippen LogP contribution is 2.22. The van der Waals surface area contributed by atoms with Crippen LogP contribution < -0.4 is 16.1 Å². The first kappa shape index (κ1) is 14.3. The largest absolute Gasteiger partial charge is 0.481 e. The summed E-state index contributed by atoms with van der Waals surface area (Å²) in [5.74, 6) is -1.70. The van der Waals surface area contributed by atoms with E-state index in [0.717, 1.165) is 0 Å². The maximum absolute atomic E-state index is 11.8. The normalized spacial score (nSPS) is 21.9. The lowest BCUT2D eigenvalue weighted by molar-refractivity contribution is -0.142. The molecule has 1 aliphatic heterocycles. The Labute approximate surface area is 113 Å². The van der Waals surface area contributed by atoms with Crippen LogP contribution in [0.3, 0.4) is 0 Å². The number of H-pyrrole nitrogens is 2. The van der Waals surface area contributed by atoms with E-state index in [-0.39, 0.29) is 19.0 Å². The summed E-state index contributed by atoms with van der Waals surface area (Å²) in [6.45, 7) is 2.65. The maximum atomic E-state index is 11.8. The first-order valence-corrected chi connectivity index (χ1v) is 6.30. The van der Waals surface area contributed by atoms with E-state index >= 15 is 0 Å². The average molecular weight is 284 g/mol. The summed E-state index contributed by atoms with van der Waals surface area (Å²) < 4.78 is 5.21. The van der Waals surface area contributed by atoms with Gasteiger partial charge in [0.05, 0.1) is 19.3 Å². The Balaban J connectivity index is 2.38. The van der Waals surface area contributed by atoms with Crippen LogP contribution in [0.15, 0.2) is 9.59 Å². The van der Waals surface area contributed by atoms with E-state index in [9.17, 15) is 19.5 Å². The van der Waals surface area contributed by atoms with Crippen molar-refractivity contribution in [3.05, 3.63) is 20.8 Å². The SMILES string of the molecule is CCCN(c1n[nH]c(=O)[nH]c1=O)C1COCC1C(=O)O. The molecule has 0 aromatic carbocycles. The van der Waals surface area contributed by atoms with E-state index in [1.54, 1.807) is 4.90 Å². The second-order valence-corrected chi connectivity index (χ2v) is 4.57. The molecule has 2 heterocycles. The number of ether oxygens (including phenoxy) is 1. The number of aromatic nitrogens is 3. The van der Waals surface area contributed by atoms with Gasteiger partial charge in [-0.2, -0.15) is 0 Å². The van der Waals surface area contributed by atoms with Crippen molar-refractivity contribution >= 4 is 11.8 Å². The number of aliphatic carboxylic acids is 1. The molecular weight excluding hydrogens is 268 g/mol. The zero-order chi connectivity index (χ0) is 14.7. The van der Waals surface area contributed by atoms with Gasteiger partial charge in [-0.1, -0.05) is 6.92 Å². The topological polar surface area (TPSA) is 128 Å². The molecule has 2 unspecified atom stereocenters. The number of anilines is 1. The van der Waals surface area contributed by atoms with Crippen LogP contribution in [-0.2, 0) is 9.53 Å². The van der Waals surface area contributed by atoms with Crippen molar-refractivity contribution in [2.45, 2.75) is 19.4 Å². The predicted molar refractivity (Wildman–Crippen MR) is 68.8 cm³/mol. The van der Waals surface area contributed by atoms with Crippen LogP contribution in [0.4, 0.5) is 5.82 Å². The fourth-order valence-corrected chi connectivity index (χ4v) is 2.29. The van der Waals surface area contributed by atoms with E-state index < -0.39 is 29.2 Å².